The van der Waals surface area contributed by atoms with Crippen LogP contribution in [0.2, 0.25) is 0 Å². The number of anilines is 1. The van der Waals surface area contributed by atoms with Gasteiger partial charge in [0.15, 0.2) is 0 Å². The van der Waals surface area contributed by atoms with Crippen LogP contribution in [-0.4, -0.2) is 28.5 Å². The van der Waals surface area contributed by atoms with E-state index in [1.54, 1.807) is 0 Å². The van der Waals surface area contributed by atoms with Crippen molar-refractivity contribution in [3.8, 4) is 5.88 Å². The second-order valence-corrected chi connectivity index (χ2v) is 6.65. The van der Waals surface area contributed by atoms with Crippen LogP contribution in [0.15, 0.2) is 6.07 Å². The van der Waals surface area contributed by atoms with Crippen LogP contribution in [0.1, 0.15) is 51.6 Å². The van der Waals surface area contributed by atoms with Crippen LogP contribution in [0.4, 0.5) is 5.95 Å². The number of halogens is 1. The van der Waals surface area contributed by atoms with Crippen LogP contribution in [0, 0.1) is 12.3 Å². The lowest BCUT2D eigenvalue weighted by Gasteiger charge is -2.35. The first kappa shape index (κ1) is 16.3. The summed E-state index contributed by atoms with van der Waals surface area (Å²) in [6, 6.07) is 1.86. The zero-order valence-corrected chi connectivity index (χ0v) is 14.0. The van der Waals surface area contributed by atoms with Crippen LogP contribution >= 0.6 is 11.6 Å². The van der Waals surface area contributed by atoms with Crippen molar-refractivity contribution < 1.29 is 4.74 Å². The number of hydrogen-bond donors (Lipinski definition) is 1. The Balaban J connectivity index is 2.03. The van der Waals surface area contributed by atoms with Gasteiger partial charge in [0.25, 0.3) is 0 Å². The third-order valence-corrected chi connectivity index (χ3v) is 4.57. The molecule has 0 aliphatic heterocycles. The zero-order valence-electron chi connectivity index (χ0n) is 13.3. The third kappa shape index (κ3) is 4.73. The van der Waals surface area contributed by atoms with Gasteiger partial charge in [0.2, 0.25) is 11.8 Å². The van der Waals surface area contributed by atoms with Gasteiger partial charge in [0.1, 0.15) is 0 Å². The second-order valence-electron chi connectivity index (χ2n) is 6.39. The molecule has 118 valence electrons. The molecule has 0 spiro atoms. The molecule has 0 atom stereocenters. The van der Waals surface area contributed by atoms with E-state index in [9.17, 15) is 0 Å². The normalized spacial score (nSPS) is 17.8. The van der Waals surface area contributed by atoms with E-state index in [1.165, 1.54) is 32.1 Å². The highest BCUT2D eigenvalue weighted by molar-refractivity contribution is 6.18. The number of hydrogen-bond acceptors (Lipinski definition) is 4. The molecule has 21 heavy (non-hydrogen) atoms. The maximum atomic E-state index is 6.23. The number of nitrogens with one attached hydrogen (secondary N) is 1. The van der Waals surface area contributed by atoms with Crippen LogP contribution in [0.5, 0.6) is 5.88 Å². The first-order chi connectivity index (χ1) is 10.0. The fraction of sp³-hybridized carbons (Fsp3) is 0.750. The highest BCUT2D eigenvalue weighted by atomic mass is 35.5. The van der Waals surface area contributed by atoms with Crippen LogP contribution in [0.3, 0.4) is 0 Å². The van der Waals surface area contributed by atoms with Crippen molar-refractivity contribution in [2.45, 2.75) is 59.0 Å². The molecule has 0 aromatic carbocycles. The molecule has 1 N–H and O–H groups in total. The average Bonchev–Trinajstić information content (AvgIpc) is 2.45. The van der Waals surface area contributed by atoms with E-state index < -0.39 is 0 Å². The molecule has 5 heteroatoms. The number of aromatic nitrogens is 2. The largest absolute Gasteiger partial charge is 0.475 e. The van der Waals surface area contributed by atoms with Crippen molar-refractivity contribution in [3.05, 3.63) is 11.8 Å². The smallest absolute Gasteiger partial charge is 0.226 e. The second kappa shape index (κ2) is 7.30. The van der Waals surface area contributed by atoms with Gasteiger partial charge in [0, 0.05) is 29.6 Å². The van der Waals surface area contributed by atoms with Gasteiger partial charge in [-0.1, -0.05) is 19.3 Å². The quantitative estimate of drug-likeness (QED) is 0.801. The third-order valence-electron chi connectivity index (χ3n) is 4.01. The summed E-state index contributed by atoms with van der Waals surface area (Å²) in [6.07, 6.45) is 6.34. The van der Waals surface area contributed by atoms with Gasteiger partial charge in [-0.25, -0.2) is 4.98 Å². The summed E-state index contributed by atoms with van der Waals surface area (Å²) >= 11 is 6.23. The molecule has 1 aromatic heterocycles. The fourth-order valence-corrected chi connectivity index (χ4v) is 3.21. The van der Waals surface area contributed by atoms with Crippen molar-refractivity contribution in [1.82, 2.24) is 9.97 Å². The minimum absolute atomic E-state index is 0.111. The van der Waals surface area contributed by atoms with Crippen LogP contribution in [0.25, 0.3) is 0 Å². The molecule has 2 rings (SSSR count). The van der Waals surface area contributed by atoms with Crippen molar-refractivity contribution in [1.29, 1.82) is 0 Å². The van der Waals surface area contributed by atoms with Crippen LogP contribution < -0.4 is 10.1 Å². The van der Waals surface area contributed by atoms with Crippen LogP contribution in [-0.2, 0) is 0 Å². The zero-order chi connectivity index (χ0) is 15.3. The SMILES string of the molecule is Cc1cc(OC(C)C)nc(NCC2(CCl)CCCCC2)n1. The van der Waals surface area contributed by atoms with E-state index in [0.717, 1.165) is 12.2 Å². The number of alkyl halides is 1. The maximum Gasteiger partial charge on any atom is 0.226 e. The lowest BCUT2D eigenvalue weighted by atomic mass is 9.75. The summed E-state index contributed by atoms with van der Waals surface area (Å²) in [4.78, 5) is 8.88. The standard InChI is InChI=1S/C16H26ClN3O/c1-12(2)21-14-9-13(3)19-15(20-14)18-11-16(10-17)7-5-4-6-8-16/h9,12H,4-8,10-11H2,1-3H3,(H,18,19,20). The first-order valence-corrected chi connectivity index (χ1v) is 8.39. The van der Waals surface area contributed by atoms with Gasteiger partial charge < -0.3 is 10.1 Å². The molecule has 1 fully saturated rings. The number of aryl methyl sites for hydroxylation is 1. The summed E-state index contributed by atoms with van der Waals surface area (Å²) in [5, 5.41) is 3.37. The lowest BCUT2D eigenvalue weighted by molar-refractivity contribution is 0.230. The van der Waals surface area contributed by atoms with Crippen molar-refractivity contribution >= 4 is 17.5 Å². The van der Waals surface area contributed by atoms with E-state index >= 15 is 0 Å². The van der Waals surface area contributed by atoms with E-state index in [4.69, 9.17) is 16.3 Å². The highest BCUT2D eigenvalue weighted by Crippen LogP contribution is 2.37. The summed E-state index contributed by atoms with van der Waals surface area (Å²) in [5.74, 6) is 1.96. The van der Waals surface area contributed by atoms with Crippen molar-refractivity contribution in [3.63, 3.8) is 0 Å². The van der Waals surface area contributed by atoms with E-state index in [-0.39, 0.29) is 11.5 Å². The molecule has 1 aliphatic carbocycles. The molecule has 0 unspecified atom stereocenters. The van der Waals surface area contributed by atoms with E-state index in [0.29, 0.717) is 17.7 Å². The summed E-state index contributed by atoms with van der Waals surface area (Å²) in [5.41, 5.74) is 1.10. The fourth-order valence-electron chi connectivity index (χ4n) is 2.85. The highest BCUT2D eigenvalue weighted by Gasteiger charge is 2.31. The number of ether oxygens (including phenoxy) is 1. The van der Waals surface area contributed by atoms with Gasteiger partial charge in [-0.05, 0) is 33.6 Å². The van der Waals surface area contributed by atoms with Gasteiger partial charge in [-0.15, -0.1) is 11.6 Å². The Morgan fingerprint density at radius 1 is 1.29 bits per heavy atom. The molecular formula is C16H26ClN3O. The summed E-state index contributed by atoms with van der Waals surface area (Å²) in [7, 11) is 0. The number of nitrogens with zero attached hydrogens (tertiary/aromatic N) is 2. The Labute approximate surface area is 132 Å². The average molecular weight is 312 g/mol. The molecule has 1 saturated carbocycles. The summed E-state index contributed by atoms with van der Waals surface area (Å²) < 4.78 is 5.66. The topological polar surface area (TPSA) is 47.0 Å². The lowest BCUT2D eigenvalue weighted by Crippen LogP contribution is -2.34. The molecular weight excluding hydrogens is 286 g/mol. The van der Waals surface area contributed by atoms with Crippen molar-refractivity contribution in [2.75, 3.05) is 17.7 Å². The van der Waals surface area contributed by atoms with Gasteiger partial charge in [0.05, 0.1) is 6.10 Å². The molecule has 4 nitrogen and oxygen atoms in total. The Morgan fingerprint density at radius 3 is 2.62 bits per heavy atom. The predicted molar refractivity (Wildman–Crippen MR) is 87.3 cm³/mol. The van der Waals surface area contributed by atoms with Gasteiger partial charge in [-0.3, -0.25) is 0 Å². The van der Waals surface area contributed by atoms with E-state index in [2.05, 4.69) is 15.3 Å². The Hall–Kier alpha value is -1.03. The molecule has 1 aliphatic rings. The molecule has 0 amide bonds. The minimum atomic E-state index is 0.111. The molecule has 1 aromatic rings. The first-order valence-electron chi connectivity index (χ1n) is 7.85. The summed E-state index contributed by atoms with van der Waals surface area (Å²) in [6.45, 7) is 6.78. The van der Waals surface area contributed by atoms with E-state index in [1.807, 2.05) is 26.8 Å². The Morgan fingerprint density at radius 2 is 2.00 bits per heavy atom. The predicted octanol–water partition coefficient (Wildman–Crippen LogP) is 4.17. The molecule has 0 bridgehead atoms. The minimum Gasteiger partial charge on any atom is -0.475 e. The monoisotopic (exact) mass is 311 g/mol. The molecule has 1 heterocycles. The Bertz CT molecular complexity index is 459. The van der Waals surface area contributed by atoms with Crippen molar-refractivity contribution in [2.24, 2.45) is 5.41 Å². The molecule has 0 saturated heterocycles. The molecule has 0 radical (unpaired) electrons. The number of rotatable bonds is 6. The maximum absolute atomic E-state index is 6.23. The van der Waals surface area contributed by atoms with Gasteiger partial charge in [-0.2, -0.15) is 4.98 Å². The Kier molecular flexibility index (Phi) is 5.68. The van der Waals surface area contributed by atoms with Gasteiger partial charge >= 0.3 is 0 Å².